The molecule has 8 heteroatoms. The first-order valence-corrected chi connectivity index (χ1v) is 8.36. The molecule has 2 rings (SSSR count). The number of carbonyl (C=O) groups is 2. The number of ether oxygens (including phenoxy) is 2. The zero-order chi connectivity index (χ0) is 19.8. The Balaban J connectivity index is 1.95. The lowest BCUT2D eigenvalue weighted by atomic mass is 10.2. The van der Waals surface area contributed by atoms with Crippen LogP contribution in [0, 0.1) is 10.1 Å². The average Bonchev–Trinajstić information content (AvgIpc) is 2.67. The van der Waals surface area contributed by atoms with E-state index >= 15 is 0 Å². The van der Waals surface area contributed by atoms with E-state index in [0.717, 1.165) is 0 Å². The second-order valence-electron chi connectivity index (χ2n) is 5.56. The van der Waals surface area contributed by atoms with Crippen LogP contribution in [-0.2, 0) is 14.3 Å². The van der Waals surface area contributed by atoms with Crippen LogP contribution in [0.4, 0.5) is 11.4 Å². The van der Waals surface area contributed by atoms with E-state index in [0.29, 0.717) is 12.2 Å². The van der Waals surface area contributed by atoms with Crippen molar-refractivity contribution in [3.8, 4) is 5.75 Å². The number of likely N-dealkylation sites (N-methyl/N-ethyl adjacent to an activating group) is 1. The molecule has 0 saturated heterocycles. The van der Waals surface area contributed by atoms with Crippen molar-refractivity contribution in [1.82, 2.24) is 0 Å². The smallest absolute Gasteiger partial charge is 0.344 e. The largest absolute Gasteiger partial charge is 0.475 e. The van der Waals surface area contributed by atoms with E-state index < -0.39 is 23.6 Å². The van der Waals surface area contributed by atoms with Crippen molar-refractivity contribution in [3.05, 3.63) is 64.7 Å². The third-order valence-electron chi connectivity index (χ3n) is 3.71. The second-order valence-corrected chi connectivity index (χ2v) is 5.56. The quantitative estimate of drug-likeness (QED) is 0.401. The topological polar surface area (TPSA) is 99.0 Å². The lowest BCUT2D eigenvalue weighted by Gasteiger charge is -2.24. The summed E-state index contributed by atoms with van der Waals surface area (Å²) in [7, 11) is 0. The van der Waals surface area contributed by atoms with Crippen LogP contribution < -0.4 is 9.64 Å². The van der Waals surface area contributed by atoms with E-state index in [4.69, 9.17) is 9.47 Å². The second kappa shape index (κ2) is 9.33. The van der Waals surface area contributed by atoms with Crippen LogP contribution in [0.25, 0.3) is 0 Å². The molecular weight excluding hydrogens is 352 g/mol. The third-order valence-corrected chi connectivity index (χ3v) is 3.71. The Morgan fingerprint density at radius 2 is 1.74 bits per heavy atom. The molecule has 0 N–H and O–H groups in total. The van der Waals surface area contributed by atoms with Crippen molar-refractivity contribution >= 4 is 23.3 Å². The maximum atomic E-state index is 12.5. The van der Waals surface area contributed by atoms with Crippen LogP contribution >= 0.6 is 0 Å². The highest BCUT2D eigenvalue weighted by Gasteiger charge is 2.24. The van der Waals surface area contributed by atoms with Gasteiger partial charge in [0.25, 0.3) is 5.91 Å². The molecule has 27 heavy (non-hydrogen) atoms. The van der Waals surface area contributed by atoms with E-state index in [1.165, 1.54) is 30.0 Å². The van der Waals surface area contributed by atoms with Gasteiger partial charge in [-0.1, -0.05) is 30.3 Å². The molecule has 2 aromatic carbocycles. The number of nitro benzene ring substituents is 1. The number of rotatable bonds is 8. The molecular formula is C19H20N2O6. The predicted octanol–water partition coefficient (Wildman–Crippen LogP) is 2.96. The van der Waals surface area contributed by atoms with Gasteiger partial charge in [-0.2, -0.15) is 0 Å². The van der Waals surface area contributed by atoms with Gasteiger partial charge in [0.15, 0.2) is 18.5 Å². The van der Waals surface area contributed by atoms with Gasteiger partial charge in [-0.15, -0.1) is 0 Å². The van der Waals surface area contributed by atoms with Gasteiger partial charge >= 0.3 is 11.7 Å². The zero-order valence-electron chi connectivity index (χ0n) is 15.0. The number of para-hydroxylation sites is 3. The van der Waals surface area contributed by atoms with Crippen LogP contribution in [0.1, 0.15) is 13.8 Å². The van der Waals surface area contributed by atoms with Gasteiger partial charge in [0, 0.05) is 18.3 Å². The number of hydrogen-bond donors (Lipinski definition) is 0. The molecule has 8 nitrogen and oxygen atoms in total. The fraction of sp³-hybridized carbons (Fsp3) is 0.263. The highest BCUT2D eigenvalue weighted by molar-refractivity contribution is 5.97. The molecule has 0 aliphatic rings. The molecule has 0 radical (unpaired) electrons. The molecule has 142 valence electrons. The number of anilines is 1. The SMILES string of the molecule is CCN(C(=O)[C@H](C)OC(=O)COc1ccccc1[N+](=O)[O-])c1ccccc1. The summed E-state index contributed by atoms with van der Waals surface area (Å²) in [5, 5.41) is 10.9. The minimum Gasteiger partial charge on any atom is -0.475 e. The molecule has 1 atom stereocenters. The van der Waals surface area contributed by atoms with E-state index in [1.54, 1.807) is 18.2 Å². The van der Waals surface area contributed by atoms with E-state index in [2.05, 4.69) is 0 Å². The normalized spacial score (nSPS) is 11.3. The first-order valence-electron chi connectivity index (χ1n) is 8.36. The number of benzene rings is 2. The molecule has 0 bridgehead atoms. The summed E-state index contributed by atoms with van der Waals surface area (Å²) < 4.78 is 10.3. The van der Waals surface area contributed by atoms with Gasteiger partial charge in [-0.25, -0.2) is 4.79 Å². The van der Waals surface area contributed by atoms with Crippen molar-refractivity contribution in [2.45, 2.75) is 20.0 Å². The van der Waals surface area contributed by atoms with Crippen molar-refractivity contribution in [3.63, 3.8) is 0 Å². The summed E-state index contributed by atoms with van der Waals surface area (Å²) in [5.41, 5.74) is 0.444. The van der Waals surface area contributed by atoms with E-state index in [1.807, 2.05) is 25.1 Å². The highest BCUT2D eigenvalue weighted by atomic mass is 16.6. The van der Waals surface area contributed by atoms with Gasteiger partial charge in [-0.05, 0) is 32.0 Å². The van der Waals surface area contributed by atoms with Crippen LogP contribution in [-0.4, -0.2) is 36.1 Å². The Bertz CT molecular complexity index is 809. The Labute approximate surface area is 156 Å². The summed E-state index contributed by atoms with van der Waals surface area (Å²) in [5.74, 6) is -1.21. The standard InChI is InChI=1S/C19H20N2O6/c1-3-20(15-9-5-4-6-10-15)19(23)14(2)27-18(22)13-26-17-12-8-7-11-16(17)21(24)25/h4-12,14H,3,13H2,1-2H3/t14-/m0/s1. The average molecular weight is 372 g/mol. The Morgan fingerprint density at radius 3 is 2.37 bits per heavy atom. The minimum absolute atomic E-state index is 0.0436. The molecule has 1 amide bonds. The fourth-order valence-electron chi connectivity index (χ4n) is 2.44. The Kier molecular flexibility index (Phi) is 6.87. The van der Waals surface area contributed by atoms with Crippen molar-refractivity contribution in [2.24, 2.45) is 0 Å². The summed E-state index contributed by atoms with van der Waals surface area (Å²) in [6.07, 6.45) is -1.02. The molecule has 0 unspecified atom stereocenters. The van der Waals surface area contributed by atoms with Gasteiger partial charge in [0.1, 0.15) is 0 Å². The molecule has 0 saturated carbocycles. The third kappa shape index (κ3) is 5.27. The van der Waals surface area contributed by atoms with E-state index in [-0.39, 0.29) is 17.3 Å². The maximum Gasteiger partial charge on any atom is 0.344 e. The molecule has 0 fully saturated rings. The molecule has 2 aromatic rings. The number of hydrogen-bond acceptors (Lipinski definition) is 6. The first kappa shape index (κ1) is 19.9. The first-order chi connectivity index (χ1) is 12.9. The molecule has 0 spiro atoms. The van der Waals surface area contributed by atoms with Crippen LogP contribution in [0.3, 0.4) is 0 Å². The molecule has 0 heterocycles. The van der Waals surface area contributed by atoms with Gasteiger partial charge in [0.2, 0.25) is 0 Å². The lowest BCUT2D eigenvalue weighted by Crippen LogP contribution is -2.40. The van der Waals surface area contributed by atoms with E-state index in [9.17, 15) is 19.7 Å². The predicted molar refractivity (Wildman–Crippen MR) is 98.6 cm³/mol. The van der Waals surface area contributed by atoms with Crippen molar-refractivity contribution < 1.29 is 24.0 Å². The Hall–Kier alpha value is -3.42. The fourth-order valence-corrected chi connectivity index (χ4v) is 2.44. The zero-order valence-corrected chi connectivity index (χ0v) is 15.0. The summed E-state index contributed by atoms with van der Waals surface area (Å²) >= 11 is 0. The van der Waals surface area contributed by atoms with Gasteiger partial charge < -0.3 is 14.4 Å². The summed E-state index contributed by atoms with van der Waals surface area (Å²) in [6.45, 7) is 3.16. The van der Waals surface area contributed by atoms with Crippen LogP contribution in [0.2, 0.25) is 0 Å². The van der Waals surface area contributed by atoms with Crippen LogP contribution in [0.5, 0.6) is 5.75 Å². The monoisotopic (exact) mass is 372 g/mol. The van der Waals surface area contributed by atoms with Crippen LogP contribution in [0.15, 0.2) is 54.6 Å². The lowest BCUT2D eigenvalue weighted by molar-refractivity contribution is -0.385. The Morgan fingerprint density at radius 1 is 1.11 bits per heavy atom. The highest BCUT2D eigenvalue weighted by Crippen LogP contribution is 2.25. The summed E-state index contributed by atoms with van der Waals surface area (Å²) in [4.78, 5) is 36.3. The number of nitrogens with zero attached hydrogens (tertiary/aromatic N) is 2. The number of amides is 1. The number of nitro groups is 1. The van der Waals surface area contributed by atoms with Gasteiger partial charge in [0.05, 0.1) is 4.92 Å². The van der Waals surface area contributed by atoms with Crippen molar-refractivity contribution in [2.75, 3.05) is 18.1 Å². The maximum absolute atomic E-state index is 12.5. The molecule has 0 aliphatic carbocycles. The number of esters is 1. The minimum atomic E-state index is -1.02. The summed E-state index contributed by atoms with van der Waals surface area (Å²) in [6, 6.07) is 14.7. The number of carbonyl (C=O) groups excluding carboxylic acids is 2. The molecule has 0 aromatic heterocycles. The van der Waals surface area contributed by atoms with Crippen molar-refractivity contribution in [1.29, 1.82) is 0 Å². The molecule has 0 aliphatic heterocycles. The van der Waals surface area contributed by atoms with Gasteiger partial charge in [-0.3, -0.25) is 14.9 Å².